The van der Waals surface area contributed by atoms with Gasteiger partial charge in [-0.3, -0.25) is 9.59 Å². The first-order chi connectivity index (χ1) is 11.8. The molecule has 0 heterocycles. The van der Waals surface area contributed by atoms with E-state index in [1.165, 1.54) is 0 Å². The zero-order valence-electron chi connectivity index (χ0n) is 13.3. The second kappa shape index (κ2) is 8.73. The SMILES string of the molecule is CC(Oc1ccc(Cl)cc1Br)C(=O)Nc1ccc(OCC(N)=O)cc1. The summed E-state index contributed by atoms with van der Waals surface area (Å²) in [5, 5.41) is 3.30. The molecule has 132 valence electrons. The average molecular weight is 428 g/mol. The van der Waals surface area contributed by atoms with E-state index in [1.54, 1.807) is 49.4 Å². The van der Waals surface area contributed by atoms with Gasteiger partial charge in [0.2, 0.25) is 0 Å². The molecule has 0 saturated heterocycles. The Kier molecular flexibility index (Phi) is 6.66. The van der Waals surface area contributed by atoms with Crippen LogP contribution in [0.4, 0.5) is 5.69 Å². The van der Waals surface area contributed by atoms with Crippen molar-refractivity contribution in [3.63, 3.8) is 0 Å². The van der Waals surface area contributed by atoms with Crippen LogP contribution >= 0.6 is 27.5 Å². The number of halogens is 2. The highest BCUT2D eigenvalue weighted by Crippen LogP contribution is 2.29. The third kappa shape index (κ3) is 5.95. The molecule has 3 N–H and O–H groups in total. The fraction of sp³-hybridized carbons (Fsp3) is 0.176. The van der Waals surface area contributed by atoms with Gasteiger partial charge in [-0.05, 0) is 65.3 Å². The van der Waals surface area contributed by atoms with E-state index in [0.717, 1.165) is 0 Å². The zero-order chi connectivity index (χ0) is 18.4. The van der Waals surface area contributed by atoms with Gasteiger partial charge < -0.3 is 20.5 Å². The predicted molar refractivity (Wildman–Crippen MR) is 99.0 cm³/mol. The van der Waals surface area contributed by atoms with E-state index >= 15 is 0 Å². The number of carbonyl (C=O) groups is 2. The molecule has 1 atom stereocenters. The molecule has 0 aliphatic carbocycles. The third-order valence-electron chi connectivity index (χ3n) is 3.07. The maximum absolute atomic E-state index is 12.2. The van der Waals surface area contributed by atoms with E-state index in [1.807, 2.05) is 0 Å². The Morgan fingerprint density at radius 2 is 1.92 bits per heavy atom. The number of anilines is 1. The van der Waals surface area contributed by atoms with Gasteiger partial charge in [0.05, 0.1) is 4.47 Å². The van der Waals surface area contributed by atoms with E-state index in [2.05, 4.69) is 21.2 Å². The molecule has 1 unspecified atom stereocenters. The van der Waals surface area contributed by atoms with Crippen LogP contribution in [0.3, 0.4) is 0 Å². The van der Waals surface area contributed by atoms with E-state index in [9.17, 15) is 9.59 Å². The lowest BCUT2D eigenvalue weighted by Crippen LogP contribution is -2.30. The molecule has 6 nitrogen and oxygen atoms in total. The van der Waals surface area contributed by atoms with Gasteiger partial charge in [-0.1, -0.05) is 11.6 Å². The normalized spacial score (nSPS) is 11.5. The monoisotopic (exact) mass is 426 g/mol. The topological polar surface area (TPSA) is 90.7 Å². The number of rotatable bonds is 7. The van der Waals surface area contributed by atoms with Gasteiger partial charge in [0.1, 0.15) is 11.5 Å². The number of carbonyl (C=O) groups excluding carboxylic acids is 2. The van der Waals surface area contributed by atoms with Crippen LogP contribution in [-0.4, -0.2) is 24.5 Å². The minimum Gasteiger partial charge on any atom is -0.484 e. The fourth-order valence-electron chi connectivity index (χ4n) is 1.85. The molecule has 0 saturated carbocycles. The molecule has 0 aliphatic heterocycles. The number of ether oxygens (including phenoxy) is 2. The first kappa shape index (κ1) is 19.1. The molecule has 2 rings (SSSR count). The molecule has 2 aromatic rings. The average Bonchev–Trinajstić information content (AvgIpc) is 2.56. The number of benzene rings is 2. The number of nitrogens with two attached hydrogens (primary N) is 1. The summed E-state index contributed by atoms with van der Waals surface area (Å²) in [4.78, 5) is 22.9. The van der Waals surface area contributed by atoms with Crippen LogP contribution in [0.5, 0.6) is 11.5 Å². The highest BCUT2D eigenvalue weighted by atomic mass is 79.9. The molecule has 2 amide bonds. The van der Waals surface area contributed by atoms with Gasteiger partial charge >= 0.3 is 0 Å². The minimum absolute atomic E-state index is 0.202. The summed E-state index contributed by atoms with van der Waals surface area (Å²) in [6.07, 6.45) is -0.719. The molecule has 0 aromatic heterocycles. The lowest BCUT2D eigenvalue weighted by Gasteiger charge is -2.16. The van der Waals surface area contributed by atoms with Crippen molar-refractivity contribution in [2.24, 2.45) is 5.73 Å². The third-order valence-corrected chi connectivity index (χ3v) is 3.92. The van der Waals surface area contributed by atoms with E-state index in [0.29, 0.717) is 26.7 Å². The van der Waals surface area contributed by atoms with Crippen LogP contribution in [0.1, 0.15) is 6.92 Å². The molecule has 8 heteroatoms. The van der Waals surface area contributed by atoms with Crippen molar-refractivity contribution >= 4 is 45.0 Å². The molecule has 2 aromatic carbocycles. The Morgan fingerprint density at radius 1 is 1.24 bits per heavy atom. The molecule has 0 radical (unpaired) electrons. The van der Waals surface area contributed by atoms with E-state index < -0.39 is 12.0 Å². The maximum Gasteiger partial charge on any atom is 0.265 e. The van der Waals surface area contributed by atoms with Crippen LogP contribution in [0.15, 0.2) is 46.9 Å². The van der Waals surface area contributed by atoms with Gasteiger partial charge in [-0.15, -0.1) is 0 Å². The lowest BCUT2D eigenvalue weighted by atomic mass is 10.2. The van der Waals surface area contributed by atoms with Crippen molar-refractivity contribution in [2.75, 3.05) is 11.9 Å². The largest absolute Gasteiger partial charge is 0.484 e. The molecular weight excluding hydrogens is 412 g/mol. The van der Waals surface area contributed by atoms with E-state index in [-0.39, 0.29) is 12.5 Å². The Hall–Kier alpha value is -2.25. The quantitative estimate of drug-likeness (QED) is 0.709. The summed E-state index contributed by atoms with van der Waals surface area (Å²) < 4.78 is 11.4. The first-order valence-electron chi connectivity index (χ1n) is 7.29. The summed E-state index contributed by atoms with van der Waals surface area (Å²) in [5.74, 6) is 0.123. The standard InChI is InChI=1S/C17H16BrClN2O4/c1-10(25-15-7-2-11(19)8-14(15)18)17(23)21-12-3-5-13(6-4-12)24-9-16(20)22/h2-8,10H,9H2,1H3,(H2,20,22)(H,21,23). The molecule has 0 fully saturated rings. The summed E-state index contributed by atoms with van der Waals surface area (Å²) in [6.45, 7) is 1.44. The van der Waals surface area contributed by atoms with Gasteiger partial charge in [-0.2, -0.15) is 0 Å². The summed E-state index contributed by atoms with van der Waals surface area (Å²) in [6, 6.07) is 11.6. The van der Waals surface area contributed by atoms with Crippen molar-refractivity contribution < 1.29 is 19.1 Å². The molecule has 0 aliphatic rings. The van der Waals surface area contributed by atoms with Crippen LogP contribution < -0.4 is 20.5 Å². The van der Waals surface area contributed by atoms with Crippen molar-refractivity contribution in [2.45, 2.75) is 13.0 Å². The second-order valence-electron chi connectivity index (χ2n) is 5.10. The molecule has 0 bridgehead atoms. The molecular formula is C17H16BrClN2O4. The number of hydrogen-bond acceptors (Lipinski definition) is 4. The van der Waals surface area contributed by atoms with Crippen LogP contribution in [0, 0.1) is 0 Å². The highest BCUT2D eigenvalue weighted by molar-refractivity contribution is 9.10. The van der Waals surface area contributed by atoms with Crippen molar-refractivity contribution in [1.82, 2.24) is 0 Å². The Morgan fingerprint density at radius 3 is 2.52 bits per heavy atom. The number of amides is 2. The Balaban J connectivity index is 1.93. The fourth-order valence-corrected chi connectivity index (χ4v) is 2.62. The van der Waals surface area contributed by atoms with Crippen molar-refractivity contribution in [1.29, 1.82) is 0 Å². The smallest absolute Gasteiger partial charge is 0.265 e. The summed E-state index contributed by atoms with van der Waals surface area (Å²) in [7, 11) is 0. The van der Waals surface area contributed by atoms with Gasteiger partial charge in [0.25, 0.3) is 11.8 Å². The Bertz CT molecular complexity index is 768. The van der Waals surface area contributed by atoms with Gasteiger partial charge in [0.15, 0.2) is 12.7 Å². The van der Waals surface area contributed by atoms with Crippen LogP contribution in [0.2, 0.25) is 5.02 Å². The predicted octanol–water partition coefficient (Wildman–Crippen LogP) is 3.37. The van der Waals surface area contributed by atoms with Gasteiger partial charge in [0, 0.05) is 10.7 Å². The molecule has 25 heavy (non-hydrogen) atoms. The second-order valence-corrected chi connectivity index (χ2v) is 6.39. The van der Waals surface area contributed by atoms with Crippen molar-refractivity contribution in [3.05, 3.63) is 52.0 Å². The van der Waals surface area contributed by atoms with Crippen LogP contribution in [0.25, 0.3) is 0 Å². The zero-order valence-corrected chi connectivity index (χ0v) is 15.6. The van der Waals surface area contributed by atoms with Crippen LogP contribution in [-0.2, 0) is 9.59 Å². The number of primary amides is 1. The number of nitrogens with one attached hydrogen (secondary N) is 1. The first-order valence-corrected chi connectivity index (χ1v) is 8.46. The van der Waals surface area contributed by atoms with E-state index in [4.69, 9.17) is 26.8 Å². The van der Waals surface area contributed by atoms with Crippen molar-refractivity contribution in [3.8, 4) is 11.5 Å². The highest BCUT2D eigenvalue weighted by Gasteiger charge is 2.16. The lowest BCUT2D eigenvalue weighted by molar-refractivity contribution is -0.122. The maximum atomic E-state index is 12.2. The number of hydrogen-bond donors (Lipinski definition) is 2. The minimum atomic E-state index is -0.719. The summed E-state index contributed by atoms with van der Waals surface area (Å²) >= 11 is 9.21. The molecule has 0 spiro atoms. The van der Waals surface area contributed by atoms with Gasteiger partial charge in [-0.25, -0.2) is 0 Å². The summed E-state index contributed by atoms with van der Waals surface area (Å²) in [5.41, 5.74) is 5.58. The Labute approximate surface area is 158 Å².